The molecule has 4 heteroatoms. The van der Waals surface area contributed by atoms with Crippen LogP contribution in [0.25, 0.3) is 0 Å². The highest BCUT2D eigenvalue weighted by Gasteiger charge is 2.28. The molecule has 0 spiro atoms. The molecule has 0 saturated carbocycles. The minimum atomic E-state index is -0.0469. The molecular weight excluding hydrogens is 214 g/mol. The lowest BCUT2D eigenvalue weighted by molar-refractivity contribution is 0.0881. The summed E-state index contributed by atoms with van der Waals surface area (Å²) < 4.78 is 0. The second-order valence-electron chi connectivity index (χ2n) is 5.51. The number of nitrogens with one attached hydrogen (secondary N) is 2. The maximum absolute atomic E-state index is 11.9. The molecule has 0 radical (unpaired) electrons. The molecule has 1 atom stereocenters. The van der Waals surface area contributed by atoms with Gasteiger partial charge in [-0.15, -0.1) is 0 Å². The van der Waals surface area contributed by atoms with E-state index in [9.17, 15) is 4.79 Å². The molecule has 17 heavy (non-hydrogen) atoms. The molecule has 0 aliphatic carbocycles. The van der Waals surface area contributed by atoms with Crippen molar-refractivity contribution in [3.05, 3.63) is 24.0 Å². The standard InChI is InChI=1S/C13H23N3O/c1-10(13(2,3)9-16(4)5)15-12(17)11-7-6-8-14-11/h6-8,10,14H,9H2,1-5H3,(H,15,17)/t10-/m1/s1. The molecule has 4 nitrogen and oxygen atoms in total. The predicted octanol–water partition coefficient (Wildman–Crippen LogP) is 1.72. The smallest absolute Gasteiger partial charge is 0.267 e. The van der Waals surface area contributed by atoms with Gasteiger partial charge in [0.05, 0.1) is 0 Å². The first-order chi connectivity index (χ1) is 7.83. The monoisotopic (exact) mass is 237 g/mol. The number of H-pyrrole nitrogens is 1. The van der Waals surface area contributed by atoms with E-state index < -0.39 is 0 Å². The van der Waals surface area contributed by atoms with Gasteiger partial charge in [0.1, 0.15) is 5.69 Å². The van der Waals surface area contributed by atoms with E-state index in [-0.39, 0.29) is 17.4 Å². The summed E-state index contributed by atoms with van der Waals surface area (Å²) in [6.45, 7) is 7.29. The third-order valence-electron chi connectivity index (χ3n) is 3.09. The molecule has 0 unspecified atom stereocenters. The van der Waals surface area contributed by atoms with Crippen LogP contribution >= 0.6 is 0 Å². The van der Waals surface area contributed by atoms with Crippen LogP contribution in [0.2, 0.25) is 0 Å². The molecule has 1 amide bonds. The van der Waals surface area contributed by atoms with Gasteiger partial charge in [-0.1, -0.05) is 13.8 Å². The van der Waals surface area contributed by atoms with Gasteiger partial charge in [-0.05, 0) is 38.6 Å². The number of carbonyl (C=O) groups excluding carboxylic acids is 1. The number of hydrogen-bond donors (Lipinski definition) is 2. The van der Waals surface area contributed by atoms with E-state index in [2.05, 4.69) is 29.0 Å². The number of amides is 1. The molecule has 2 N–H and O–H groups in total. The molecule has 0 aliphatic rings. The second-order valence-corrected chi connectivity index (χ2v) is 5.51. The minimum Gasteiger partial charge on any atom is -0.357 e. The van der Waals surface area contributed by atoms with Crippen molar-refractivity contribution in [1.82, 2.24) is 15.2 Å². The van der Waals surface area contributed by atoms with Crippen molar-refractivity contribution in [2.45, 2.75) is 26.8 Å². The lowest BCUT2D eigenvalue weighted by Crippen LogP contribution is -2.47. The van der Waals surface area contributed by atoms with Crippen LogP contribution in [0, 0.1) is 5.41 Å². The fraction of sp³-hybridized carbons (Fsp3) is 0.615. The number of rotatable bonds is 5. The molecule has 0 saturated heterocycles. The van der Waals surface area contributed by atoms with Crippen molar-refractivity contribution >= 4 is 5.91 Å². The first-order valence-corrected chi connectivity index (χ1v) is 5.92. The molecule has 1 aromatic rings. The lowest BCUT2D eigenvalue weighted by Gasteiger charge is -2.34. The van der Waals surface area contributed by atoms with Gasteiger partial charge in [-0.3, -0.25) is 4.79 Å². The van der Waals surface area contributed by atoms with Crippen LogP contribution in [0.1, 0.15) is 31.3 Å². The highest BCUT2D eigenvalue weighted by molar-refractivity contribution is 5.92. The lowest BCUT2D eigenvalue weighted by atomic mass is 9.85. The van der Waals surface area contributed by atoms with Gasteiger partial charge < -0.3 is 15.2 Å². The largest absolute Gasteiger partial charge is 0.357 e. The Hall–Kier alpha value is -1.29. The fourth-order valence-electron chi connectivity index (χ4n) is 1.89. The highest BCUT2D eigenvalue weighted by Crippen LogP contribution is 2.21. The Morgan fingerprint density at radius 3 is 2.65 bits per heavy atom. The Labute approximate surface area is 103 Å². The van der Waals surface area contributed by atoms with E-state index in [4.69, 9.17) is 0 Å². The highest BCUT2D eigenvalue weighted by atomic mass is 16.1. The minimum absolute atomic E-state index is 0.0335. The van der Waals surface area contributed by atoms with Crippen LogP contribution in [0.3, 0.4) is 0 Å². The Morgan fingerprint density at radius 1 is 1.53 bits per heavy atom. The summed E-state index contributed by atoms with van der Waals surface area (Å²) >= 11 is 0. The summed E-state index contributed by atoms with van der Waals surface area (Å²) in [5.74, 6) is -0.0469. The summed E-state index contributed by atoms with van der Waals surface area (Å²) in [5, 5.41) is 3.03. The number of carbonyl (C=O) groups is 1. The molecule has 0 bridgehead atoms. The average Bonchev–Trinajstić information content (AvgIpc) is 2.67. The van der Waals surface area contributed by atoms with E-state index in [1.807, 2.05) is 27.1 Å². The molecule has 0 aromatic carbocycles. The van der Waals surface area contributed by atoms with Gasteiger partial charge in [0, 0.05) is 18.8 Å². The van der Waals surface area contributed by atoms with E-state index in [1.165, 1.54) is 0 Å². The van der Waals surface area contributed by atoms with E-state index in [0.717, 1.165) is 6.54 Å². The average molecular weight is 237 g/mol. The fourth-order valence-corrected chi connectivity index (χ4v) is 1.89. The molecule has 1 rings (SSSR count). The zero-order chi connectivity index (χ0) is 13.1. The normalized spacial score (nSPS) is 13.8. The zero-order valence-corrected chi connectivity index (χ0v) is 11.4. The maximum atomic E-state index is 11.9. The number of aromatic amines is 1. The molecule has 1 heterocycles. The third kappa shape index (κ3) is 3.89. The first-order valence-electron chi connectivity index (χ1n) is 5.92. The van der Waals surface area contributed by atoms with Crippen LogP contribution in [0.4, 0.5) is 0 Å². The molecular formula is C13H23N3O. The molecule has 96 valence electrons. The second kappa shape index (κ2) is 5.36. The van der Waals surface area contributed by atoms with Crippen molar-refractivity contribution < 1.29 is 4.79 Å². The van der Waals surface area contributed by atoms with Crippen molar-refractivity contribution in [2.24, 2.45) is 5.41 Å². The van der Waals surface area contributed by atoms with Crippen molar-refractivity contribution in [3.8, 4) is 0 Å². The Morgan fingerprint density at radius 2 is 2.18 bits per heavy atom. The number of hydrogen-bond acceptors (Lipinski definition) is 2. The van der Waals surface area contributed by atoms with E-state index in [1.54, 1.807) is 12.3 Å². The van der Waals surface area contributed by atoms with Crippen molar-refractivity contribution in [3.63, 3.8) is 0 Å². The van der Waals surface area contributed by atoms with Gasteiger partial charge >= 0.3 is 0 Å². The van der Waals surface area contributed by atoms with Crippen LogP contribution in [-0.4, -0.2) is 42.5 Å². The molecule has 0 fully saturated rings. The molecule has 1 aromatic heterocycles. The number of aromatic nitrogens is 1. The quantitative estimate of drug-likeness (QED) is 0.819. The van der Waals surface area contributed by atoms with E-state index >= 15 is 0 Å². The van der Waals surface area contributed by atoms with E-state index in [0.29, 0.717) is 5.69 Å². The van der Waals surface area contributed by atoms with Crippen LogP contribution in [0.5, 0.6) is 0 Å². The Kier molecular flexibility index (Phi) is 4.34. The number of nitrogens with zero attached hydrogens (tertiary/aromatic N) is 1. The predicted molar refractivity (Wildman–Crippen MR) is 70.1 cm³/mol. The van der Waals surface area contributed by atoms with Gasteiger partial charge in [0.2, 0.25) is 0 Å². The zero-order valence-electron chi connectivity index (χ0n) is 11.4. The Bertz CT molecular complexity index is 355. The first kappa shape index (κ1) is 13.8. The van der Waals surface area contributed by atoms with Crippen molar-refractivity contribution in [2.75, 3.05) is 20.6 Å². The molecule has 0 aliphatic heterocycles. The van der Waals surface area contributed by atoms with Gasteiger partial charge in [-0.2, -0.15) is 0 Å². The topological polar surface area (TPSA) is 48.1 Å². The summed E-state index contributed by atoms with van der Waals surface area (Å²) in [7, 11) is 4.09. The van der Waals surface area contributed by atoms with Crippen LogP contribution < -0.4 is 5.32 Å². The summed E-state index contributed by atoms with van der Waals surface area (Å²) in [6, 6.07) is 3.71. The maximum Gasteiger partial charge on any atom is 0.267 e. The summed E-state index contributed by atoms with van der Waals surface area (Å²) in [6.07, 6.45) is 1.75. The summed E-state index contributed by atoms with van der Waals surface area (Å²) in [5.41, 5.74) is 0.642. The van der Waals surface area contributed by atoms with Gasteiger partial charge in [0.15, 0.2) is 0 Å². The van der Waals surface area contributed by atoms with Crippen molar-refractivity contribution in [1.29, 1.82) is 0 Å². The van der Waals surface area contributed by atoms with Crippen LogP contribution in [-0.2, 0) is 0 Å². The summed E-state index contributed by atoms with van der Waals surface area (Å²) in [4.78, 5) is 16.9. The van der Waals surface area contributed by atoms with Gasteiger partial charge in [0.25, 0.3) is 5.91 Å². The van der Waals surface area contributed by atoms with Crippen LogP contribution in [0.15, 0.2) is 18.3 Å². The Balaban J connectivity index is 2.59. The third-order valence-corrected chi connectivity index (χ3v) is 3.09. The SMILES string of the molecule is C[C@@H](NC(=O)c1ccc[nH]1)C(C)(C)CN(C)C. The van der Waals surface area contributed by atoms with Gasteiger partial charge in [-0.25, -0.2) is 0 Å².